The quantitative estimate of drug-likeness (QED) is 0.558. The number of ether oxygens (including phenoxy) is 1. The number of alkyl halides is 3. The molecule has 11 heteroatoms. The van der Waals surface area contributed by atoms with Gasteiger partial charge < -0.3 is 4.74 Å². The highest BCUT2D eigenvalue weighted by atomic mass is 79.9. The van der Waals surface area contributed by atoms with E-state index in [-0.39, 0.29) is 22.7 Å². The van der Waals surface area contributed by atoms with Crippen molar-refractivity contribution in [2.24, 2.45) is 5.10 Å². The maximum Gasteiger partial charge on any atom is 0.573 e. The second-order valence-corrected chi connectivity index (χ2v) is 6.89. The number of nitrogens with zero attached hydrogens (tertiary/aromatic N) is 4. The predicted molar refractivity (Wildman–Crippen MR) is 99.4 cm³/mol. The summed E-state index contributed by atoms with van der Waals surface area (Å²) < 4.78 is 42.3. The highest BCUT2D eigenvalue weighted by molar-refractivity contribution is 8.93. The van der Waals surface area contributed by atoms with Gasteiger partial charge in [0.25, 0.3) is 0 Å². The first-order valence-electron chi connectivity index (χ1n) is 7.06. The molecule has 0 bridgehead atoms. The fraction of sp³-hybridized carbons (Fsp3) is 0.133. The zero-order valence-electron chi connectivity index (χ0n) is 12.8. The molecule has 0 unspecified atom stereocenters. The van der Waals surface area contributed by atoms with E-state index < -0.39 is 6.36 Å². The Morgan fingerprint density at radius 1 is 1.08 bits per heavy atom. The van der Waals surface area contributed by atoms with Crippen molar-refractivity contribution >= 4 is 45.8 Å². The molecule has 1 aliphatic rings. The molecule has 0 radical (unpaired) electrons. The summed E-state index contributed by atoms with van der Waals surface area (Å²) in [5, 5.41) is 15.5. The van der Waals surface area contributed by atoms with Crippen LogP contribution >= 0.6 is 40.1 Å². The Labute approximate surface area is 164 Å². The average Bonchev–Trinajstić information content (AvgIpc) is 3.22. The number of hydrogen-bond donors (Lipinski definition) is 0. The molecular weight excluding hydrogens is 453 g/mol. The van der Waals surface area contributed by atoms with Crippen LogP contribution in [0.4, 0.5) is 13.2 Å². The zero-order valence-corrected chi connectivity index (χ0v) is 16.2. The van der Waals surface area contributed by atoms with Crippen molar-refractivity contribution in [3.8, 4) is 16.5 Å². The van der Waals surface area contributed by atoms with Gasteiger partial charge in [0, 0.05) is 5.75 Å². The second-order valence-electron chi connectivity index (χ2n) is 5.00. The van der Waals surface area contributed by atoms with E-state index in [1.807, 2.05) is 17.5 Å². The third kappa shape index (κ3) is 3.94. The molecule has 0 aliphatic carbocycles. The molecule has 3 aromatic rings. The lowest BCUT2D eigenvalue weighted by Crippen LogP contribution is -2.17. The fourth-order valence-electron chi connectivity index (χ4n) is 2.28. The van der Waals surface area contributed by atoms with Crippen molar-refractivity contribution in [3.63, 3.8) is 0 Å². The van der Waals surface area contributed by atoms with Crippen LogP contribution < -0.4 is 4.74 Å². The monoisotopic (exact) mass is 462 g/mol. The van der Waals surface area contributed by atoms with Gasteiger partial charge >= 0.3 is 6.36 Å². The lowest BCUT2D eigenvalue weighted by atomic mass is 10.1. The van der Waals surface area contributed by atoms with Gasteiger partial charge in [0.15, 0.2) is 5.82 Å². The van der Waals surface area contributed by atoms with Gasteiger partial charge in [0.05, 0.1) is 10.6 Å². The minimum absolute atomic E-state index is 0. The van der Waals surface area contributed by atoms with Crippen LogP contribution in [0.2, 0.25) is 0 Å². The van der Waals surface area contributed by atoms with Gasteiger partial charge in [-0.3, -0.25) is 0 Å². The Bertz CT molecular complexity index is 924. The Morgan fingerprint density at radius 3 is 2.50 bits per heavy atom. The smallest absolute Gasteiger partial charge is 0.406 e. The molecule has 3 heterocycles. The van der Waals surface area contributed by atoms with E-state index in [1.54, 1.807) is 16.8 Å². The largest absolute Gasteiger partial charge is 0.573 e. The maximum atomic E-state index is 12.2. The Balaban J connectivity index is 0.00000196. The SMILES string of the molecule is Br.FC(F)(F)Oc1ccc(C2=Nn3c(nnc3-c3cccs3)SC2)cc1. The lowest BCUT2D eigenvalue weighted by molar-refractivity contribution is -0.274. The van der Waals surface area contributed by atoms with Crippen molar-refractivity contribution in [1.29, 1.82) is 0 Å². The van der Waals surface area contributed by atoms with Crippen molar-refractivity contribution < 1.29 is 17.9 Å². The van der Waals surface area contributed by atoms with Gasteiger partial charge in [-0.1, -0.05) is 17.8 Å². The van der Waals surface area contributed by atoms with Gasteiger partial charge in [-0.15, -0.1) is 51.7 Å². The molecule has 0 amide bonds. The lowest BCUT2D eigenvalue weighted by Gasteiger charge is -2.14. The van der Waals surface area contributed by atoms with Gasteiger partial charge in [-0.05, 0) is 41.3 Å². The van der Waals surface area contributed by atoms with E-state index in [0.29, 0.717) is 16.7 Å². The number of fused-ring (bicyclic) bond motifs is 1. The summed E-state index contributed by atoms with van der Waals surface area (Å²) in [5.41, 5.74) is 1.45. The van der Waals surface area contributed by atoms with Crippen LogP contribution in [0.1, 0.15) is 5.56 Å². The van der Waals surface area contributed by atoms with E-state index in [1.165, 1.54) is 35.2 Å². The second kappa shape index (κ2) is 7.41. The zero-order chi connectivity index (χ0) is 17.4. The van der Waals surface area contributed by atoms with E-state index in [4.69, 9.17) is 0 Å². The maximum absolute atomic E-state index is 12.2. The summed E-state index contributed by atoms with van der Waals surface area (Å²) in [4.78, 5) is 0.943. The molecule has 0 saturated heterocycles. The van der Waals surface area contributed by atoms with Crippen LogP contribution in [0.25, 0.3) is 10.7 Å². The first-order valence-corrected chi connectivity index (χ1v) is 8.92. The number of hydrogen-bond acceptors (Lipinski definition) is 6. The summed E-state index contributed by atoms with van der Waals surface area (Å²) in [6.45, 7) is 0. The van der Waals surface area contributed by atoms with E-state index >= 15 is 0 Å². The van der Waals surface area contributed by atoms with E-state index in [0.717, 1.165) is 16.2 Å². The van der Waals surface area contributed by atoms with Crippen molar-refractivity contribution in [2.45, 2.75) is 11.5 Å². The van der Waals surface area contributed by atoms with Crippen molar-refractivity contribution in [2.75, 3.05) is 5.75 Å². The summed E-state index contributed by atoms with van der Waals surface area (Å²) in [6, 6.07) is 9.51. The molecule has 0 atom stereocenters. The summed E-state index contributed by atoms with van der Waals surface area (Å²) in [5.74, 6) is 0.943. The number of benzene rings is 1. The van der Waals surface area contributed by atoms with Crippen LogP contribution in [0.15, 0.2) is 52.0 Å². The normalized spacial score (nSPS) is 13.6. The standard InChI is InChI=1S/C15H9F3N4OS2.BrH/c16-15(17,18)23-10-5-3-9(4-6-10)11-8-25-14-20-19-13(22(14)21-11)12-2-1-7-24-12;/h1-7H,8H2;1H. The molecule has 4 rings (SSSR count). The Kier molecular flexibility index (Phi) is 5.39. The molecule has 5 nitrogen and oxygen atoms in total. The topological polar surface area (TPSA) is 52.3 Å². The van der Waals surface area contributed by atoms with Gasteiger partial charge in [-0.2, -0.15) is 9.78 Å². The fourth-order valence-corrected chi connectivity index (χ4v) is 3.81. The highest BCUT2D eigenvalue weighted by Gasteiger charge is 2.31. The van der Waals surface area contributed by atoms with Crippen LogP contribution in [0, 0.1) is 0 Å². The van der Waals surface area contributed by atoms with Gasteiger partial charge in [0.1, 0.15) is 5.75 Å². The molecule has 1 aromatic carbocycles. The summed E-state index contributed by atoms with van der Waals surface area (Å²) in [7, 11) is 0. The molecule has 0 spiro atoms. The molecule has 136 valence electrons. The molecule has 0 fully saturated rings. The molecule has 0 N–H and O–H groups in total. The molecular formula is C15H10BrF3N4OS2. The van der Waals surface area contributed by atoms with E-state index in [2.05, 4.69) is 20.0 Å². The summed E-state index contributed by atoms with van der Waals surface area (Å²) in [6.07, 6.45) is -4.70. The van der Waals surface area contributed by atoms with Gasteiger partial charge in [0.2, 0.25) is 5.16 Å². The van der Waals surface area contributed by atoms with E-state index in [9.17, 15) is 13.2 Å². The van der Waals surface area contributed by atoms with Gasteiger partial charge in [-0.25, -0.2) is 0 Å². The third-order valence-corrected chi connectivity index (χ3v) is 5.13. The molecule has 26 heavy (non-hydrogen) atoms. The van der Waals surface area contributed by atoms with Crippen LogP contribution in [0.5, 0.6) is 5.75 Å². The van der Waals surface area contributed by atoms with Crippen LogP contribution in [-0.2, 0) is 0 Å². The van der Waals surface area contributed by atoms with Crippen molar-refractivity contribution in [3.05, 3.63) is 47.3 Å². The number of thioether (sulfide) groups is 1. The number of aromatic nitrogens is 3. The first-order chi connectivity index (χ1) is 12.0. The highest BCUT2D eigenvalue weighted by Crippen LogP contribution is 2.31. The Morgan fingerprint density at radius 2 is 1.85 bits per heavy atom. The number of halogens is 4. The predicted octanol–water partition coefficient (Wildman–Crippen LogP) is 4.84. The minimum atomic E-state index is -4.70. The first kappa shape index (κ1) is 18.9. The molecule has 0 saturated carbocycles. The summed E-state index contributed by atoms with van der Waals surface area (Å²) >= 11 is 3.01. The Hall–Kier alpha value is -1.85. The number of rotatable bonds is 3. The van der Waals surface area contributed by atoms with Crippen molar-refractivity contribution in [1.82, 2.24) is 14.9 Å². The molecule has 1 aliphatic heterocycles. The number of thiophene rings is 1. The van der Waals surface area contributed by atoms with Crippen LogP contribution in [-0.4, -0.2) is 32.7 Å². The average molecular weight is 463 g/mol. The third-order valence-electron chi connectivity index (χ3n) is 3.33. The minimum Gasteiger partial charge on any atom is -0.406 e. The van der Waals surface area contributed by atoms with Crippen LogP contribution in [0.3, 0.4) is 0 Å². The molecule has 2 aromatic heterocycles.